The van der Waals surface area contributed by atoms with Crippen molar-refractivity contribution in [2.45, 2.75) is 19.6 Å². The predicted octanol–water partition coefficient (Wildman–Crippen LogP) is 3.22. The highest BCUT2D eigenvalue weighted by Gasteiger charge is 2.11. The Morgan fingerprint density at radius 3 is 2.50 bits per heavy atom. The molecule has 0 heterocycles. The summed E-state index contributed by atoms with van der Waals surface area (Å²) in [6.07, 6.45) is 0. The first-order valence-electron chi connectivity index (χ1n) is 6.23. The molecule has 2 rings (SSSR count). The van der Waals surface area contributed by atoms with E-state index in [9.17, 15) is 4.79 Å². The monoisotopic (exact) mass is 291 g/mol. The maximum atomic E-state index is 11.8. The molecule has 2 aromatic carbocycles. The van der Waals surface area contributed by atoms with Gasteiger partial charge in [0.25, 0.3) is 0 Å². The lowest BCUT2D eigenvalue weighted by Crippen LogP contribution is -2.26. The topological polar surface area (TPSA) is 52.3 Å². The van der Waals surface area contributed by atoms with Crippen LogP contribution in [0.25, 0.3) is 0 Å². The molecule has 3 nitrogen and oxygen atoms in total. The van der Waals surface area contributed by atoms with Crippen LogP contribution in [0.1, 0.15) is 22.8 Å². The third kappa shape index (κ3) is 4.37. The van der Waals surface area contributed by atoms with Crippen molar-refractivity contribution in [1.82, 2.24) is 0 Å². The van der Waals surface area contributed by atoms with Gasteiger partial charge in [0.15, 0.2) is 5.78 Å². The molecule has 0 bridgehead atoms. The number of benzene rings is 2. The minimum atomic E-state index is -0.496. The summed E-state index contributed by atoms with van der Waals surface area (Å²) in [6.45, 7) is 2.16. The first-order chi connectivity index (χ1) is 9.16. The van der Waals surface area contributed by atoms with Gasteiger partial charge in [-0.05, 0) is 24.6 Å². The van der Waals surface area contributed by atoms with Gasteiger partial charge in [-0.3, -0.25) is 4.79 Å². The van der Waals surface area contributed by atoms with Crippen LogP contribution >= 0.6 is 12.4 Å². The summed E-state index contributed by atoms with van der Waals surface area (Å²) in [6, 6.07) is 16.5. The maximum Gasteiger partial charge on any atom is 0.179 e. The minimum absolute atomic E-state index is 0. The number of ketones is 1. The number of carbonyl (C=O) groups is 1. The van der Waals surface area contributed by atoms with E-state index in [4.69, 9.17) is 10.5 Å². The van der Waals surface area contributed by atoms with Crippen LogP contribution in [0, 0.1) is 0 Å². The van der Waals surface area contributed by atoms with Crippen molar-refractivity contribution in [3.8, 4) is 5.75 Å². The molecule has 0 aliphatic heterocycles. The molecule has 0 saturated heterocycles. The first kappa shape index (κ1) is 16.2. The lowest BCUT2D eigenvalue weighted by Gasteiger charge is -2.09. The number of hydrogen-bond acceptors (Lipinski definition) is 3. The van der Waals surface area contributed by atoms with Crippen LogP contribution in [0.3, 0.4) is 0 Å². The minimum Gasteiger partial charge on any atom is -0.489 e. The average molecular weight is 292 g/mol. The van der Waals surface area contributed by atoms with Crippen molar-refractivity contribution in [2.24, 2.45) is 5.73 Å². The number of hydrogen-bond donors (Lipinski definition) is 1. The van der Waals surface area contributed by atoms with E-state index in [1.165, 1.54) is 0 Å². The molecule has 0 aliphatic rings. The molecule has 0 fully saturated rings. The quantitative estimate of drug-likeness (QED) is 0.861. The SMILES string of the molecule is CC(N)C(=O)c1cccc(OCc2ccccc2)c1.Cl. The number of carbonyl (C=O) groups excluding carboxylic acids is 1. The summed E-state index contributed by atoms with van der Waals surface area (Å²) in [5, 5.41) is 0. The third-order valence-electron chi connectivity index (χ3n) is 2.78. The molecular formula is C16H18ClNO2. The van der Waals surface area contributed by atoms with Gasteiger partial charge in [0.05, 0.1) is 6.04 Å². The van der Waals surface area contributed by atoms with E-state index in [2.05, 4.69) is 0 Å². The summed E-state index contributed by atoms with van der Waals surface area (Å²) in [5.41, 5.74) is 7.27. The van der Waals surface area contributed by atoms with Gasteiger partial charge >= 0.3 is 0 Å². The van der Waals surface area contributed by atoms with Crippen molar-refractivity contribution in [1.29, 1.82) is 0 Å². The molecule has 1 atom stereocenters. The van der Waals surface area contributed by atoms with Crippen molar-refractivity contribution in [3.05, 3.63) is 65.7 Å². The summed E-state index contributed by atoms with van der Waals surface area (Å²) >= 11 is 0. The second-order valence-electron chi connectivity index (χ2n) is 4.46. The normalized spacial score (nSPS) is 11.3. The molecule has 4 heteroatoms. The van der Waals surface area contributed by atoms with Crippen LogP contribution in [-0.4, -0.2) is 11.8 Å². The third-order valence-corrected chi connectivity index (χ3v) is 2.78. The molecule has 0 aromatic heterocycles. The van der Waals surface area contributed by atoms with Gasteiger partial charge in [0, 0.05) is 5.56 Å². The van der Waals surface area contributed by atoms with E-state index in [-0.39, 0.29) is 18.2 Å². The van der Waals surface area contributed by atoms with Crippen molar-refractivity contribution < 1.29 is 9.53 Å². The van der Waals surface area contributed by atoms with E-state index in [0.29, 0.717) is 17.9 Å². The van der Waals surface area contributed by atoms with Gasteiger partial charge in [-0.2, -0.15) is 0 Å². The molecule has 0 radical (unpaired) electrons. The highest BCUT2D eigenvalue weighted by atomic mass is 35.5. The largest absolute Gasteiger partial charge is 0.489 e. The standard InChI is InChI=1S/C16H17NO2.ClH/c1-12(17)16(18)14-8-5-9-15(10-14)19-11-13-6-3-2-4-7-13;/h2-10,12H,11,17H2,1H3;1H. The molecule has 106 valence electrons. The Morgan fingerprint density at radius 1 is 1.15 bits per heavy atom. The van der Waals surface area contributed by atoms with E-state index < -0.39 is 6.04 Å². The highest BCUT2D eigenvalue weighted by Crippen LogP contribution is 2.16. The smallest absolute Gasteiger partial charge is 0.179 e. The summed E-state index contributed by atoms with van der Waals surface area (Å²) in [7, 11) is 0. The van der Waals surface area contributed by atoms with E-state index in [1.54, 1.807) is 25.1 Å². The van der Waals surface area contributed by atoms with Crippen LogP contribution in [-0.2, 0) is 6.61 Å². The Kier molecular flexibility index (Phi) is 6.22. The van der Waals surface area contributed by atoms with Crippen molar-refractivity contribution >= 4 is 18.2 Å². The van der Waals surface area contributed by atoms with Gasteiger partial charge < -0.3 is 10.5 Å². The Labute approximate surface area is 125 Å². The fourth-order valence-corrected chi connectivity index (χ4v) is 1.74. The van der Waals surface area contributed by atoms with E-state index in [1.807, 2.05) is 36.4 Å². The zero-order valence-electron chi connectivity index (χ0n) is 11.3. The number of nitrogens with two attached hydrogens (primary N) is 1. The van der Waals surface area contributed by atoms with Gasteiger partial charge in [-0.15, -0.1) is 12.4 Å². The second-order valence-corrected chi connectivity index (χ2v) is 4.46. The predicted molar refractivity (Wildman–Crippen MR) is 82.4 cm³/mol. The highest BCUT2D eigenvalue weighted by molar-refractivity contribution is 5.99. The molecular weight excluding hydrogens is 274 g/mol. The van der Waals surface area contributed by atoms with Crippen LogP contribution < -0.4 is 10.5 Å². The Bertz CT molecular complexity index is 555. The van der Waals surface area contributed by atoms with Crippen molar-refractivity contribution in [3.63, 3.8) is 0 Å². The van der Waals surface area contributed by atoms with Crippen LogP contribution in [0.2, 0.25) is 0 Å². The second kappa shape index (κ2) is 7.68. The Morgan fingerprint density at radius 2 is 1.85 bits per heavy atom. The maximum absolute atomic E-state index is 11.8. The lowest BCUT2D eigenvalue weighted by molar-refractivity contribution is 0.0967. The fourth-order valence-electron chi connectivity index (χ4n) is 1.74. The zero-order chi connectivity index (χ0) is 13.7. The summed E-state index contributed by atoms with van der Waals surface area (Å²) < 4.78 is 5.67. The molecule has 0 saturated carbocycles. The molecule has 20 heavy (non-hydrogen) atoms. The van der Waals surface area contributed by atoms with Gasteiger partial charge in [0.2, 0.25) is 0 Å². The molecule has 0 amide bonds. The average Bonchev–Trinajstić information content (AvgIpc) is 2.45. The molecule has 1 unspecified atom stereocenters. The summed E-state index contributed by atoms with van der Waals surface area (Å²) in [4.78, 5) is 11.8. The van der Waals surface area contributed by atoms with Gasteiger partial charge in [0.1, 0.15) is 12.4 Å². The van der Waals surface area contributed by atoms with Crippen LogP contribution in [0.15, 0.2) is 54.6 Å². The Hall–Kier alpha value is -1.84. The van der Waals surface area contributed by atoms with Gasteiger partial charge in [-0.25, -0.2) is 0 Å². The summed E-state index contributed by atoms with van der Waals surface area (Å²) in [5.74, 6) is 0.598. The van der Waals surface area contributed by atoms with E-state index >= 15 is 0 Å². The lowest BCUT2D eigenvalue weighted by atomic mass is 10.1. The number of rotatable bonds is 5. The number of halogens is 1. The number of ether oxygens (including phenoxy) is 1. The van der Waals surface area contributed by atoms with Crippen LogP contribution in [0.5, 0.6) is 5.75 Å². The van der Waals surface area contributed by atoms with Crippen molar-refractivity contribution in [2.75, 3.05) is 0 Å². The number of Topliss-reactive ketones (excluding diaryl/α,β-unsaturated/α-hetero) is 1. The first-order valence-corrected chi connectivity index (χ1v) is 6.23. The molecule has 2 N–H and O–H groups in total. The van der Waals surface area contributed by atoms with Gasteiger partial charge in [-0.1, -0.05) is 42.5 Å². The van der Waals surface area contributed by atoms with Crippen LogP contribution in [0.4, 0.5) is 0 Å². The zero-order valence-corrected chi connectivity index (χ0v) is 12.1. The molecule has 2 aromatic rings. The fraction of sp³-hybridized carbons (Fsp3) is 0.188. The molecule has 0 spiro atoms. The molecule has 0 aliphatic carbocycles. The van der Waals surface area contributed by atoms with E-state index in [0.717, 1.165) is 5.56 Å². The Balaban J connectivity index is 0.00000200.